The molecule has 0 aromatic heterocycles. The number of hydrogen-bond donors (Lipinski definition) is 0. The van der Waals surface area contributed by atoms with Crippen molar-refractivity contribution in [3.05, 3.63) is 0 Å². The molecule has 0 unspecified atom stereocenters. The van der Waals surface area contributed by atoms with Gasteiger partial charge in [-0.25, -0.2) is 4.79 Å². The molecule has 0 saturated carbocycles. The molecule has 3 aliphatic rings. The van der Waals surface area contributed by atoms with E-state index in [2.05, 4.69) is 13.8 Å². The fourth-order valence-corrected chi connectivity index (χ4v) is 3.85. The molecule has 1 spiro atoms. The molecular formula is C19H32N2O5. The van der Waals surface area contributed by atoms with Crippen molar-refractivity contribution in [1.29, 1.82) is 0 Å². The molecule has 0 radical (unpaired) electrons. The van der Waals surface area contributed by atoms with E-state index in [4.69, 9.17) is 14.2 Å². The lowest BCUT2D eigenvalue weighted by Gasteiger charge is -2.37. The van der Waals surface area contributed by atoms with E-state index in [1.54, 1.807) is 0 Å². The minimum Gasteiger partial charge on any atom is -0.441 e. The van der Waals surface area contributed by atoms with Gasteiger partial charge in [0.1, 0.15) is 12.2 Å². The van der Waals surface area contributed by atoms with Crippen molar-refractivity contribution in [2.45, 2.75) is 57.7 Å². The summed E-state index contributed by atoms with van der Waals surface area (Å²) in [5.74, 6) is 0.576. The summed E-state index contributed by atoms with van der Waals surface area (Å²) in [5.41, 5.74) is -0.413. The Morgan fingerprint density at radius 3 is 2.77 bits per heavy atom. The highest BCUT2D eigenvalue weighted by Crippen LogP contribution is 2.33. The smallest absolute Gasteiger partial charge is 0.410 e. The standard InChI is InChI=1S/C19H32N2O5/c1-15(2)5-8-21-14-19(26-18(21)23)6-9-20(10-7-19)17(22)13-24-12-16-4-3-11-25-16/h15-16H,3-14H2,1-2H3/t16-/m0/s1. The first-order valence-corrected chi connectivity index (χ1v) is 9.92. The first-order chi connectivity index (χ1) is 12.5. The third-order valence-corrected chi connectivity index (χ3v) is 5.60. The molecule has 0 N–H and O–H groups in total. The fourth-order valence-electron chi connectivity index (χ4n) is 3.85. The molecule has 0 bridgehead atoms. The molecule has 0 aromatic carbocycles. The zero-order valence-corrected chi connectivity index (χ0v) is 16.1. The molecule has 3 heterocycles. The van der Waals surface area contributed by atoms with E-state index in [1.165, 1.54) is 0 Å². The number of carbonyl (C=O) groups excluding carboxylic acids is 2. The van der Waals surface area contributed by atoms with E-state index < -0.39 is 5.60 Å². The second kappa shape index (κ2) is 8.57. The molecule has 3 saturated heterocycles. The second-order valence-electron chi connectivity index (χ2n) is 8.19. The zero-order chi connectivity index (χ0) is 18.6. The van der Waals surface area contributed by atoms with Crippen LogP contribution in [-0.4, -0.2) is 79.5 Å². The molecule has 0 aliphatic carbocycles. The predicted molar refractivity (Wildman–Crippen MR) is 95.8 cm³/mol. The van der Waals surface area contributed by atoms with Crippen LogP contribution in [0.2, 0.25) is 0 Å². The summed E-state index contributed by atoms with van der Waals surface area (Å²) in [6, 6.07) is 0. The van der Waals surface area contributed by atoms with Crippen LogP contribution in [-0.2, 0) is 19.0 Å². The van der Waals surface area contributed by atoms with Gasteiger partial charge in [0.05, 0.1) is 19.3 Å². The number of likely N-dealkylation sites (tertiary alicyclic amines) is 1. The summed E-state index contributed by atoms with van der Waals surface area (Å²) in [6.45, 7) is 8.33. The highest BCUT2D eigenvalue weighted by atomic mass is 16.6. The number of ether oxygens (including phenoxy) is 3. The SMILES string of the molecule is CC(C)CCN1CC2(CCN(C(=O)COC[C@@H]3CCCO3)CC2)OC1=O. The van der Waals surface area contributed by atoms with Gasteiger partial charge in [0.25, 0.3) is 0 Å². The largest absolute Gasteiger partial charge is 0.441 e. The van der Waals surface area contributed by atoms with Crippen molar-refractivity contribution in [3.8, 4) is 0 Å². The Bertz CT molecular complexity index is 496. The van der Waals surface area contributed by atoms with Crippen molar-refractivity contribution < 1.29 is 23.8 Å². The highest BCUT2D eigenvalue weighted by molar-refractivity contribution is 5.77. The Morgan fingerprint density at radius 1 is 1.35 bits per heavy atom. The number of hydrogen-bond acceptors (Lipinski definition) is 5. The predicted octanol–water partition coefficient (Wildman–Crippen LogP) is 2.04. The van der Waals surface area contributed by atoms with Gasteiger partial charge in [0.15, 0.2) is 0 Å². The minimum absolute atomic E-state index is 0.0128. The van der Waals surface area contributed by atoms with Gasteiger partial charge in [-0.1, -0.05) is 13.8 Å². The maximum absolute atomic E-state index is 12.3. The van der Waals surface area contributed by atoms with Gasteiger partial charge in [0.2, 0.25) is 5.91 Å². The van der Waals surface area contributed by atoms with Gasteiger partial charge < -0.3 is 24.0 Å². The number of piperidine rings is 1. The summed E-state index contributed by atoms with van der Waals surface area (Å²) in [7, 11) is 0. The molecular weight excluding hydrogens is 336 g/mol. The Balaban J connectivity index is 1.39. The number of nitrogens with zero attached hydrogens (tertiary/aromatic N) is 2. The molecule has 3 rings (SSSR count). The summed E-state index contributed by atoms with van der Waals surface area (Å²) in [6.07, 6.45) is 4.41. The van der Waals surface area contributed by atoms with Crippen LogP contribution in [0.5, 0.6) is 0 Å². The van der Waals surface area contributed by atoms with Crippen LogP contribution in [0.25, 0.3) is 0 Å². The number of carbonyl (C=O) groups is 2. The summed E-state index contributed by atoms with van der Waals surface area (Å²) in [4.78, 5) is 28.1. The van der Waals surface area contributed by atoms with Crippen molar-refractivity contribution in [3.63, 3.8) is 0 Å². The van der Waals surface area contributed by atoms with E-state index in [9.17, 15) is 9.59 Å². The average molecular weight is 368 g/mol. The van der Waals surface area contributed by atoms with Crippen LogP contribution in [0, 0.1) is 5.92 Å². The van der Waals surface area contributed by atoms with E-state index in [0.717, 1.165) is 32.4 Å². The van der Waals surface area contributed by atoms with Gasteiger partial charge in [-0.3, -0.25) is 4.79 Å². The van der Waals surface area contributed by atoms with E-state index in [1.807, 2.05) is 9.80 Å². The van der Waals surface area contributed by atoms with Crippen LogP contribution < -0.4 is 0 Å². The first kappa shape index (κ1) is 19.4. The summed E-state index contributed by atoms with van der Waals surface area (Å²) >= 11 is 0. The van der Waals surface area contributed by atoms with Crippen LogP contribution in [0.4, 0.5) is 4.79 Å². The Morgan fingerprint density at radius 2 is 2.12 bits per heavy atom. The number of rotatable bonds is 7. The highest BCUT2D eigenvalue weighted by Gasteiger charge is 2.47. The van der Waals surface area contributed by atoms with Gasteiger partial charge in [-0.05, 0) is 25.2 Å². The van der Waals surface area contributed by atoms with Gasteiger partial charge in [0, 0.05) is 39.1 Å². The lowest BCUT2D eigenvalue weighted by molar-refractivity contribution is -0.140. The Hall–Kier alpha value is -1.34. The molecule has 0 aromatic rings. The van der Waals surface area contributed by atoms with Crippen molar-refractivity contribution >= 4 is 12.0 Å². The van der Waals surface area contributed by atoms with Crippen LogP contribution in [0.3, 0.4) is 0 Å². The average Bonchev–Trinajstić information content (AvgIpc) is 3.22. The van der Waals surface area contributed by atoms with Gasteiger partial charge in [-0.15, -0.1) is 0 Å². The van der Waals surface area contributed by atoms with Gasteiger partial charge >= 0.3 is 6.09 Å². The zero-order valence-electron chi connectivity index (χ0n) is 16.1. The quantitative estimate of drug-likeness (QED) is 0.688. The third kappa shape index (κ3) is 4.88. The lowest BCUT2D eigenvalue weighted by atomic mass is 9.91. The second-order valence-corrected chi connectivity index (χ2v) is 8.19. The van der Waals surface area contributed by atoms with Crippen molar-refractivity contribution in [1.82, 2.24) is 9.80 Å². The van der Waals surface area contributed by atoms with Crippen molar-refractivity contribution in [2.24, 2.45) is 5.92 Å². The monoisotopic (exact) mass is 368 g/mol. The molecule has 2 amide bonds. The molecule has 3 fully saturated rings. The first-order valence-electron chi connectivity index (χ1n) is 9.92. The van der Waals surface area contributed by atoms with E-state index in [-0.39, 0.29) is 24.7 Å². The van der Waals surface area contributed by atoms with Crippen LogP contribution in [0.15, 0.2) is 0 Å². The molecule has 7 heteroatoms. The lowest BCUT2D eigenvalue weighted by Crippen LogP contribution is -2.49. The Kier molecular flexibility index (Phi) is 6.40. The summed E-state index contributed by atoms with van der Waals surface area (Å²) in [5, 5.41) is 0. The van der Waals surface area contributed by atoms with Gasteiger partial charge in [-0.2, -0.15) is 0 Å². The molecule has 26 heavy (non-hydrogen) atoms. The van der Waals surface area contributed by atoms with Crippen LogP contribution >= 0.6 is 0 Å². The normalized spacial score (nSPS) is 25.3. The van der Waals surface area contributed by atoms with E-state index >= 15 is 0 Å². The fraction of sp³-hybridized carbons (Fsp3) is 0.895. The topological polar surface area (TPSA) is 68.3 Å². The van der Waals surface area contributed by atoms with Crippen LogP contribution in [0.1, 0.15) is 46.0 Å². The minimum atomic E-state index is -0.413. The molecule has 7 nitrogen and oxygen atoms in total. The Labute approximate surface area is 155 Å². The van der Waals surface area contributed by atoms with Crippen molar-refractivity contribution in [2.75, 3.05) is 46.0 Å². The maximum atomic E-state index is 12.3. The number of amides is 2. The molecule has 1 atom stereocenters. The third-order valence-electron chi connectivity index (χ3n) is 5.60. The molecule has 3 aliphatic heterocycles. The van der Waals surface area contributed by atoms with E-state index in [0.29, 0.717) is 45.0 Å². The molecule has 148 valence electrons. The maximum Gasteiger partial charge on any atom is 0.410 e. The summed E-state index contributed by atoms with van der Waals surface area (Å²) < 4.78 is 16.7.